The third kappa shape index (κ3) is 4.49. The number of anilines is 1. The van der Waals surface area contributed by atoms with E-state index in [1.54, 1.807) is 30.3 Å². The third-order valence-corrected chi connectivity index (χ3v) is 3.11. The number of ether oxygens (including phenoxy) is 1. The average molecular weight is 360 g/mol. The van der Waals surface area contributed by atoms with Crippen LogP contribution in [0.25, 0.3) is 0 Å². The highest BCUT2D eigenvalue weighted by Crippen LogP contribution is 2.30. The fraction of sp³-hybridized carbons (Fsp3) is 0.0714. The van der Waals surface area contributed by atoms with Crippen molar-refractivity contribution in [2.45, 2.75) is 6.36 Å². The molecule has 0 unspecified atom stereocenters. The first kappa shape index (κ1) is 15.4. The van der Waals surface area contributed by atoms with Gasteiger partial charge in [-0.2, -0.15) is 0 Å². The molecule has 0 aromatic heterocycles. The van der Waals surface area contributed by atoms with Crippen molar-refractivity contribution in [3.8, 4) is 5.75 Å². The molecule has 0 radical (unpaired) electrons. The predicted molar refractivity (Wildman–Crippen MR) is 75.2 cm³/mol. The number of benzene rings is 2. The molecule has 21 heavy (non-hydrogen) atoms. The average Bonchev–Trinajstić information content (AvgIpc) is 2.41. The van der Waals surface area contributed by atoms with Gasteiger partial charge in [0.15, 0.2) is 0 Å². The quantitative estimate of drug-likeness (QED) is 0.869. The van der Waals surface area contributed by atoms with Crippen LogP contribution >= 0.6 is 15.9 Å². The predicted octanol–water partition coefficient (Wildman–Crippen LogP) is 4.60. The van der Waals surface area contributed by atoms with Gasteiger partial charge in [0.25, 0.3) is 5.91 Å². The molecule has 0 aliphatic heterocycles. The lowest BCUT2D eigenvalue weighted by Crippen LogP contribution is -2.17. The van der Waals surface area contributed by atoms with E-state index in [0.29, 0.717) is 11.3 Å². The largest absolute Gasteiger partial charge is 0.573 e. The van der Waals surface area contributed by atoms with Crippen molar-refractivity contribution in [2.24, 2.45) is 0 Å². The second kappa shape index (κ2) is 6.17. The minimum absolute atomic E-state index is 0.286. The number of alkyl halides is 3. The first-order chi connectivity index (χ1) is 9.85. The minimum Gasteiger partial charge on any atom is -0.406 e. The van der Waals surface area contributed by atoms with Crippen LogP contribution in [0.1, 0.15) is 10.4 Å². The second-order valence-electron chi connectivity index (χ2n) is 4.01. The lowest BCUT2D eigenvalue weighted by atomic mass is 10.2. The Bertz CT molecular complexity index is 644. The smallest absolute Gasteiger partial charge is 0.406 e. The molecular formula is C14H9BrF3NO2. The van der Waals surface area contributed by atoms with Crippen molar-refractivity contribution in [2.75, 3.05) is 5.32 Å². The molecule has 2 aromatic carbocycles. The number of nitrogens with one attached hydrogen (secondary N) is 1. The summed E-state index contributed by atoms with van der Waals surface area (Å²) in [6, 6.07) is 12.0. The lowest BCUT2D eigenvalue weighted by Gasteiger charge is -2.11. The van der Waals surface area contributed by atoms with Crippen molar-refractivity contribution in [1.29, 1.82) is 0 Å². The van der Waals surface area contributed by atoms with Gasteiger partial charge >= 0.3 is 6.36 Å². The monoisotopic (exact) mass is 359 g/mol. The normalized spacial score (nSPS) is 11.0. The zero-order chi connectivity index (χ0) is 15.5. The summed E-state index contributed by atoms with van der Waals surface area (Å²) in [5.41, 5.74) is 0.790. The molecule has 0 aliphatic rings. The van der Waals surface area contributed by atoms with Crippen LogP contribution in [0.3, 0.4) is 0 Å². The fourth-order valence-corrected chi connectivity index (χ4v) is 2.04. The van der Waals surface area contributed by atoms with Gasteiger partial charge in [0.1, 0.15) is 5.75 Å². The summed E-state index contributed by atoms with van der Waals surface area (Å²) < 4.78 is 40.4. The molecule has 110 valence electrons. The second-order valence-corrected chi connectivity index (χ2v) is 4.86. The summed E-state index contributed by atoms with van der Waals surface area (Å²) >= 11 is 3.09. The van der Waals surface area contributed by atoms with E-state index >= 15 is 0 Å². The van der Waals surface area contributed by atoms with E-state index in [4.69, 9.17) is 0 Å². The van der Waals surface area contributed by atoms with Crippen LogP contribution < -0.4 is 10.1 Å². The Morgan fingerprint density at radius 3 is 2.33 bits per heavy atom. The van der Waals surface area contributed by atoms with Crippen LogP contribution in [0.5, 0.6) is 5.75 Å². The standard InChI is InChI=1S/C14H9BrF3NO2/c15-11-8-10(21-14(16,17)18)6-7-12(11)19-13(20)9-4-2-1-3-5-9/h1-8H,(H,19,20). The molecule has 1 amide bonds. The van der Waals surface area contributed by atoms with E-state index in [9.17, 15) is 18.0 Å². The molecule has 2 rings (SSSR count). The van der Waals surface area contributed by atoms with E-state index in [1.807, 2.05) is 0 Å². The molecule has 2 aromatic rings. The van der Waals surface area contributed by atoms with Crippen molar-refractivity contribution in [1.82, 2.24) is 0 Å². The maximum absolute atomic E-state index is 12.1. The molecule has 0 bridgehead atoms. The van der Waals surface area contributed by atoms with Crippen LogP contribution in [0.15, 0.2) is 53.0 Å². The van der Waals surface area contributed by atoms with Gasteiger partial charge in [-0.1, -0.05) is 18.2 Å². The molecule has 1 N–H and O–H groups in total. The summed E-state index contributed by atoms with van der Waals surface area (Å²) in [7, 11) is 0. The Hall–Kier alpha value is -2.02. The Morgan fingerprint density at radius 2 is 1.76 bits per heavy atom. The van der Waals surface area contributed by atoms with E-state index < -0.39 is 6.36 Å². The molecule has 0 saturated heterocycles. The highest BCUT2D eigenvalue weighted by atomic mass is 79.9. The van der Waals surface area contributed by atoms with Crippen molar-refractivity contribution in [3.05, 3.63) is 58.6 Å². The van der Waals surface area contributed by atoms with Gasteiger partial charge < -0.3 is 10.1 Å². The zero-order valence-corrected chi connectivity index (χ0v) is 12.0. The highest BCUT2D eigenvalue weighted by Gasteiger charge is 2.31. The Balaban J connectivity index is 2.13. The minimum atomic E-state index is -4.76. The Labute approximate surface area is 126 Å². The highest BCUT2D eigenvalue weighted by molar-refractivity contribution is 9.10. The van der Waals surface area contributed by atoms with Gasteiger partial charge in [0.2, 0.25) is 0 Å². The van der Waals surface area contributed by atoms with Crippen LogP contribution in [0.2, 0.25) is 0 Å². The number of amides is 1. The SMILES string of the molecule is O=C(Nc1ccc(OC(F)(F)F)cc1Br)c1ccccc1. The third-order valence-electron chi connectivity index (χ3n) is 2.46. The van der Waals surface area contributed by atoms with Gasteiger partial charge in [0, 0.05) is 10.0 Å². The number of halogens is 4. The molecule has 3 nitrogen and oxygen atoms in total. The maximum Gasteiger partial charge on any atom is 0.573 e. The first-order valence-corrected chi connectivity index (χ1v) is 6.56. The van der Waals surface area contributed by atoms with E-state index in [2.05, 4.69) is 26.0 Å². The fourth-order valence-electron chi connectivity index (χ4n) is 1.58. The molecule has 0 saturated carbocycles. The molecule has 0 heterocycles. The van der Waals surface area contributed by atoms with Crippen molar-refractivity contribution < 1.29 is 22.7 Å². The van der Waals surface area contributed by atoms with E-state index in [-0.39, 0.29) is 16.1 Å². The van der Waals surface area contributed by atoms with Crippen LogP contribution in [-0.4, -0.2) is 12.3 Å². The lowest BCUT2D eigenvalue weighted by molar-refractivity contribution is -0.274. The summed E-state index contributed by atoms with van der Waals surface area (Å²) in [4.78, 5) is 11.9. The van der Waals surface area contributed by atoms with E-state index in [1.165, 1.54) is 6.07 Å². The molecular weight excluding hydrogens is 351 g/mol. The van der Waals surface area contributed by atoms with Crippen LogP contribution in [0, 0.1) is 0 Å². The molecule has 7 heteroatoms. The Morgan fingerprint density at radius 1 is 1.10 bits per heavy atom. The number of carbonyl (C=O) groups excluding carboxylic acids is 1. The van der Waals surface area contributed by atoms with Gasteiger partial charge in [0.05, 0.1) is 5.69 Å². The van der Waals surface area contributed by atoms with Crippen LogP contribution in [0.4, 0.5) is 18.9 Å². The number of hydrogen-bond donors (Lipinski definition) is 1. The molecule has 0 spiro atoms. The van der Waals surface area contributed by atoms with Gasteiger partial charge in [-0.25, -0.2) is 0 Å². The van der Waals surface area contributed by atoms with Gasteiger partial charge in [-0.15, -0.1) is 13.2 Å². The first-order valence-electron chi connectivity index (χ1n) is 5.77. The van der Waals surface area contributed by atoms with Gasteiger partial charge in [-0.3, -0.25) is 4.79 Å². The van der Waals surface area contributed by atoms with Crippen molar-refractivity contribution in [3.63, 3.8) is 0 Å². The number of hydrogen-bond acceptors (Lipinski definition) is 2. The maximum atomic E-state index is 12.1. The number of rotatable bonds is 3. The van der Waals surface area contributed by atoms with E-state index in [0.717, 1.165) is 12.1 Å². The summed E-state index contributed by atoms with van der Waals surface area (Å²) in [5.74, 6) is -0.729. The molecule has 0 atom stereocenters. The van der Waals surface area contributed by atoms with Crippen LogP contribution in [-0.2, 0) is 0 Å². The Kier molecular flexibility index (Phi) is 4.52. The topological polar surface area (TPSA) is 38.3 Å². The molecule has 0 aliphatic carbocycles. The molecule has 0 fully saturated rings. The zero-order valence-electron chi connectivity index (χ0n) is 10.4. The number of carbonyl (C=O) groups is 1. The summed E-state index contributed by atoms with van der Waals surface area (Å²) in [5, 5.41) is 2.59. The summed E-state index contributed by atoms with van der Waals surface area (Å²) in [6.07, 6.45) is -4.76. The van der Waals surface area contributed by atoms with Gasteiger partial charge in [-0.05, 0) is 46.3 Å². The van der Waals surface area contributed by atoms with Crippen molar-refractivity contribution >= 4 is 27.5 Å². The summed E-state index contributed by atoms with van der Waals surface area (Å²) in [6.45, 7) is 0.